The van der Waals surface area contributed by atoms with Crippen LogP contribution >= 0.6 is 0 Å². The molecule has 0 fully saturated rings. The van der Waals surface area contributed by atoms with E-state index in [0.717, 1.165) is 13.1 Å². The van der Waals surface area contributed by atoms with Gasteiger partial charge in [0.2, 0.25) is 0 Å². The molecule has 0 spiro atoms. The van der Waals surface area contributed by atoms with Crippen LogP contribution < -0.4 is 10.1 Å². The summed E-state index contributed by atoms with van der Waals surface area (Å²) in [6.45, 7) is 10.7. The summed E-state index contributed by atoms with van der Waals surface area (Å²) >= 11 is 0. The third-order valence-electron chi connectivity index (χ3n) is 3.76. The Labute approximate surface area is 118 Å². The van der Waals surface area contributed by atoms with Crippen molar-refractivity contribution in [2.45, 2.75) is 33.2 Å². The molecule has 108 valence electrons. The summed E-state index contributed by atoms with van der Waals surface area (Å²) in [5.41, 5.74) is 1.63. The Kier molecular flexibility index (Phi) is 6.04. The molecule has 0 saturated carbocycles. The molecule has 3 nitrogen and oxygen atoms in total. The van der Waals surface area contributed by atoms with Crippen LogP contribution in [-0.2, 0) is 8.85 Å². The number of nitrogens with zero attached hydrogens (tertiary/aromatic N) is 1. The minimum Gasteiger partial charge on any atom is -0.394 e. The second kappa shape index (κ2) is 7.08. The predicted molar refractivity (Wildman–Crippen MR) is 84.5 cm³/mol. The fraction of sp³-hybridized carbons (Fsp3) is 0.600. The maximum atomic E-state index is 5.79. The molecule has 0 radical (unpaired) electrons. The van der Waals surface area contributed by atoms with Crippen LogP contribution in [0.4, 0.5) is 5.69 Å². The SMILES string of the molecule is CCN(CC)c1ccc([Si](OC)(OC)C(C)C)cc1. The van der Waals surface area contributed by atoms with Crippen LogP contribution in [0.2, 0.25) is 5.54 Å². The molecule has 0 unspecified atom stereocenters. The van der Waals surface area contributed by atoms with Gasteiger partial charge in [0, 0.05) is 38.5 Å². The monoisotopic (exact) mass is 281 g/mol. The number of rotatable bonds is 7. The molecule has 19 heavy (non-hydrogen) atoms. The predicted octanol–water partition coefficient (Wildman–Crippen LogP) is 2.88. The molecule has 0 N–H and O–H groups in total. The van der Waals surface area contributed by atoms with Gasteiger partial charge in [-0.3, -0.25) is 0 Å². The van der Waals surface area contributed by atoms with Crippen molar-refractivity contribution in [2.24, 2.45) is 0 Å². The van der Waals surface area contributed by atoms with Crippen molar-refractivity contribution in [1.29, 1.82) is 0 Å². The summed E-state index contributed by atoms with van der Waals surface area (Å²) in [6.07, 6.45) is 0. The first-order chi connectivity index (χ1) is 9.05. The lowest BCUT2D eigenvalue weighted by Gasteiger charge is -2.32. The van der Waals surface area contributed by atoms with E-state index in [2.05, 4.69) is 56.9 Å². The second-order valence-corrected chi connectivity index (χ2v) is 8.83. The van der Waals surface area contributed by atoms with Crippen molar-refractivity contribution < 1.29 is 8.85 Å². The van der Waals surface area contributed by atoms with Crippen LogP contribution in [0.1, 0.15) is 27.7 Å². The molecular formula is C15H27NO2Si. The van der Waals surface area contributed by atoms with Gasteiger partial charge in [-0.05, 0) is 31.2 Å². The number of benzene rings is 1. The van der Waals surface area contributed by atoms with Gasteiger partial charge in [-0.15, -0.1) is 0 Å². The highest BCUT2D eigenvalue weighted by atomic mass is 28.4. The summed E-state index contributed by atoms with van der Waals surface area (Å²) in [5.74, 6) is 0. The van der Waals surface area contributed by atoms with Gasteiger partial charge in [0.15, 0.2) is 0 Å². The Bertz CT molecular complexity index is 370. The zero-order chi connectivity index (χ0) is 14.5. The number of anilines is 1. The number of hydrogen-bond donors (Lipinski definition) is 0. The van der Waals surface area contributed by atoms with Crippen molar-refractivity contribution in [2.75, 3.05) is 32.2 Å². The Balaban J connectivity index is 3.09. The zero-order valence-corrected chi connectivity index (χ0v) is 14.1. The first-order valence-corrected chi connectivity index (χ1v) is 8.90. The van der Waals surface area contributed by atoms with E-state index < -0.39 is 8.56 Å². The minimum absolute atomic E-state index is 0.377. The molecule has 0 amide bonds. The Morgan fingerprint density at radius 2 is 1.47 bits per heavy atom. The first kappa shape index (κ1) is 16.2. The molecule has 0 aliphatic carbocycles. The minimum atomic E-state index is -2.29. The van der Waals surface area contributed by atoms with E-state index in [-0.39, 0.29) is 0 Å². The van der Waals surface area contributed by atoms with Crippen LogP contribution in [0.25, 0.3) is 0 Å². The van der Waals surface area contributed by atoms with Crippen LogP contribution in [0.15, 0.2) is 24.3 Å². The normalized spacial score (nSPS) is 11.9. The van der Waals surface area contributed by atoms with Gasteiger partial charge in [-0.25, -0.2) is 0 Å². The number of hydrogen-bond acceptors (Lipinski definition) is 3. The van der Waals surface area contributed by atoms with Gasteiger partial charge < -0.3 is 13.8 Å². The second-order valence-electron chi connectivity index (χ2n) is 4.95. The Morgan fingerprint density at radius 1 is 1.00 bits per heavy atom. The van der Waals surface area contributed by atoms with E-state index in [0.29, 0.717) is 5.54 Å². The van der Waals surface area contributed by atoms with E-state index in [4.69, 9.17) is 8.85 Å². The zero-order valence-electron chi connectivity index (χ0n) is 13.1. The highest BCUT2D eigenvalue weighted by Gasteiger charge is 2.41. The van der Waals surface area contributed by atoms with Gasteiger partial charge in [-0.1, -0.05) is 26.0 Å². The summed E-state index contributed by atoms with van der Waals surface area (Å²) in [5, 5.41) is 1.20. The van der Waals surface area contributed by atoms with E-state index in [1.807, 2.05) is 0 Å². The highest BCUT2D eigenvalue weighted by molar-refractivity contribution is 6.82. The smallest absolute Gasteiger partial charge is 0.374 e. The van der Waals surface area contributed by atoms with Gasteiger partial charge >= 0.3 is 8.56 Å². The largest absolute Gasteiger partial charge is 0.394 e. The average Bonchev–Trinajstić information content (AvgIpc) is 2.43. The van der Waals surface area contributed by atoms with Crippen molar-refractivity contribution in [3.8, 4) is 0 Å². The fourth-order valence-electron chi connectivity index (χ4n) is 2.62. The molecule has 1 aromatic rings. The standard InChI is InChI=1S/C15H27NO2Si/c1-7-16(8-2)14-9-11-15(12-10-14)19(17-5,18-6)13(3)4/h9-13H,7-8H2,1-6H3. The Hall–Kier alpha value is -0.843. The average molecular weight is 281 g/mol. The lowest BCUT2D eigenvalue weighted by molar-refractivity contribution is 0.248. The quantitative estimate of drug-likeness (QED) is 0.717. The lowest BCUT2D eigenvalue weighted by atomic mass is 10.3. The van der Waals surface area contributed by atoms with Crippen molar-refractivity contribution >= 4 is 19.4 Å². The van der Waals surface area contributed by atoms with E-state index in [1.54, 1.807) is 14.2 Å². The maximum absolute atomic E-state index is 5.79. The van der Waals surface area contributed by atoms with E-state index in [1.165, 1.54) is 10.9 Å². The van der Waals surface area contributed by atoms with E-state index >= 15 is 0 Å². The van der Waals surface area contributed by atoms with Crippen molar-refractivity contribution in [3.05, 3.63) is 24.3 Å². The molecule has 0 aliphatic rings. The molecule has 0 aliphatic heterocycles. The summed E-state index contributed by atoms with van der Waals surface area (Å²) in [7, 11) is 1.22. The topological polar surface area (TPSA) is 21.7 Å². The van der Waals surface area contributed by atoms with E-state index in [9.17, 15) is 0 Å². The van der Waals surface area contributed by atoms with Crippen LogP contribution in [0.5, 0.6) is 0 Å². The molecule has 4 heteroatoms. The molecule has 0 heterocycles. The van der Waals surface area contributed by atoms with Gasteiger partial charge in [0.25, 0.3) is 0 Å². The summed E-state index contributed by atoms with van der Waals surface area (Å²) < 4.78 is 11.6. The van der Waals surface area contributed by atoms with Gasteiger partial charge in [-0.2, -0.15) is 0 Å². The first-order valence-electron chi connectivity index (χ1n) is 7.01. The van der Waals surface area contributed by atoms with Crippen LogP contribution in [-0.4, -0.2) is 35.9 Å². The fourth-order valence-corrected chi connectivity index (χ4v) is 5.50. The third kappa shape index (κ3) is 3.19. The molecule has 0 atom stereocenters. The van der Waals surface area contributed by atoms with Crippen LogP contribution in [0, 0.1) is 0 Å². The molecule has 1 aromatic carbocycles. The maximum Gasteiger partial charge on any atom is 0.374 e. The molecule has 0 saturated heterocycles. The van der Waals surface area contributed by atoms with Crippen molar-refractivity contribution in [1.82, 2.24) is 0 Å². The molecular weight excluding hydrogens is 254 g/mol. The van der Waals surface area contributed by atoms with Gasteiger partial charge in [0.1, 0.15) is 0 Å². The molecule has 0 aromatic heterocycles. The Morgan fingerprint density at radius 3 is 1.79 bits per heavy atom. The molecule has 0 bridgehead atoms. The lowest BCUT2D eigenvalue weighted by Crippen LogP contribution is -2.54. The third-order valence-corrected chi connectivity index (χ3v) is 7.64. The van der Waals surface area contributed by atoms with Crippen molar-refractivity contribution in [3.63, 3.8) is 0 Å². The summed E-state index contributed by atoms with van der Waals surface area (Å²) in [6, 6.07) is 8.66. The van der Waals surface area contributed by atoms with Gasteiger partial charge in [0.05, 0.1) is 0 Å². The molecule has 1 rings (SSSR count). The highest BCUT2D eigenvalue weighted by Crippen LogP contribution is 2.23. The summed E-state index contributed by atoms with van der Waals surface area (Å²) in [4.78, 5) is 2.34. The van der Waals surface area contributed by atoms with Crippen LogP contribution in [0.3, 0.4) is 0 Å².